The Bertz CT molecular complexity index is 1480. The Kier molecular flexibility index (Phi) is 11.2. The van der Waals surface area contributed by atoms with Gasteiger partial charge in [0.2, 0.25) is 11.8 Å². The van der Waals surface area contributed by atoms with Gasteiger partial charge in [-0.25, -0.2) is 8.42 Å². The Labute approximate surface area is 253 Å². The van der Waals surface area contributed by atoms with Crippen LogP contribution in [0.4, 0.5) is 5.69 Å². The Morgan fingerprint density at radius 2 is 1.55 bits per heavy atom. The summed E-state index contributed by atoms with van der Waals surface area (Å²) in [4.78, 5) is 28.6. The number of amides is 2. The van der Waals surface area contributed by atoms with Crippen molar-refractivity contribution >= 4 is 39.1 Å². The lowest BCUT2D eigenvalue weighted by Gasteiger charge is -2.32. The number of carbonyl (C=O) groups excluding carboxylic acids is 2. The van der Waals surface area contributed by atoms with Gasteiger partial charge < -0.3 is 19.7 Å². The Morgan fingerprint density at radius 3 is 2.12 bits per heavy atom. The first-order valence-corrected chi connectivity index (χ1v) is 15.4. The minimum absolute atomic E-state index is 0.0162. The molecule has 9 nitrogen and oxygen atoms in total. The molecule has 0 heterocycles. The van der Waals surface area contributed by atoms with Crippen molar-refractivity contribution in [3.05, 3.63) is 82.9 Å². The third-order valence-electron chi connectivity index (χ3n) is 6.98. The van der Waals surface area contributed by atoms with Crippen LogP contribution in [0.5, 0.6) is 11.5 Å². The lowest BCUT2D eigenvalue weighted by atomic mass is 10.1. The van der Waals surface area contributed by atoms with Crippen LogP contribution >= 0.6 is 11.6 Å². The number of benzene rings is 3. The summed E-state index contributed by atoms with van der Waals surface area (Å²) in [5, 5.41) is 3.45. The maximum Gasteiger partial charge on any atom is 0.264 e. The smallest absolute Gasteiger partial charge is 0.264 e. The number of rotatable bonds is 13. The molecule has 0 aliphatic heterocycles. The van der Waals surface area contributed by atoms with E-state index >= 15 is 0 Å². The highest BCUT2D eigenvalue weighted by Gasteiger charge is 2.33. The SMILES string of the molecule is CCC(C)NC(=O)C(C)N(Cc1ccc(Cl)cc1)C(=O)CN(c1ccc(OC)c(OC)c1)S(=O)(=O)c1ccc(C)cc1. The van der Waals surface area contributed by atoms with Crippen LogP contribution in [0, 0.1) is 6.92 Å². The van der Waals surface area contributed by atoms with E-state index in [1.165, 1.54) is 37.3 Å². The van der Waals surface area contributed by atoms with Gasteiger partial charge in [0, 0.05) is 23.7 Å². The van der Waals surface area contributed by atoms with Gasteiger partial charge in [-0.1, -0.05) is 48.4 Å². The maximum atomic E-state index is 14.1. The molecule has 0 saturated carbocycles. The molecule has 0 bridgehead atoms. The highest BCUT2D eigenvalue weighted by Crippen LogP contribution is 2.34. The van der Waals surface area contributed by atoms with Crippen molar-refractivity contribution in [2.24, 2.45) is 0 Å². The van der Waals surface area contributed by atoms with Crippen LogP contribution in [0.15, 0.2) is 71.6 Å². The van der Waals surface area contributed by atoms with Crippen LogP contribution in [0.25, 0.3) is 0 Å². The minimum atomic E-state index is -4.22. The third kappa shape index (κ3) is 7.95. The number of anilines is 1. The lowest BCUT2D eigenvalue weighted by molar-refractivity contribution is -0.139. The van der Waals surface area contributed by atoms with E-state index in [4.69, 9.17) is 21.1 Å². The molecule has 42 heavy (non-hydrogen) atoms. The van der Waals surface area contributed by atoms with Gasteiger partial charge in [0.25, 0.3) is 10.0 Å². The van der Waals surface area contributed by atoms with Gasteiger partial charge in [-0.2, -0.15) is 0 Å². The Balaban J connectivity index is 2.08. The van der Waals surface area contributed by atoms with Gasteiger partial charge in [-0.05, 0) is 69.2 Å². The first-order valence-electron chi connectivity index (χ1n) is 13.6. The largest absolute Gasteiger partial charge is 0.493 e. The highest BCUT2D eigenvalue weighted by atomic mass is 35.5. The summed E-state index contributed by atoms with van der Waals surface area (Å²) in [5.41, 5.74) is 1.82. The van der Waals surface area contributed by atoms with Gasteiger partial charge in [-0.15, -0.1) is 0 Å². The van der Waals surface area contributed by atoms with Gasteiger partial charge >= 0.3 is 0 Å². The molecular formula is C31H38ClN3O6S. The number of ether oxygens (including phenoxy) is 2. The zero-order valence-electron chi connectivity index (χ0n) is 24.8. The molecule has 226 valence electrons. The summed E-state index contributed by atoms with van der Waals surface area (Å²) < 4.78 is 39.8. The average molecular weight is 616 g/mol. The number of nitrogens with one attached hydrogen (secondary N) is 1. The van der Waals surface area contributed by atoms with Gasteiger partial charge in [0.15, 0.2) is 11.5 Å². The highest BCUT2D eigenvalue weighted by molar-refractivity contribution is 7.92. The number of halogens is 1. The van der Waals surface area contributed by atoms with Crippen molar-refractivity contribution in [2.75, 3.05) is 25.1 Å². The molecule has 0 aliphatic rings. The first-order chi connectivity index (χ1) is 19.9. The van der Waals surface area contributed by atoms with E-state index in [1.807, 2.05) is 20.8 Å². The molecule has 3 rings (SSSR count). The van der Waals surface area contributed by atoms with E-state index in [0.717, 1.165) is 15.4 Å². The van der Waals surface area contributed by atoms with Crippen molar-refractivity contribution in [3.63, 3.8) is 0 Å². The van der Waals surface area contributed by atoms with E-state index in [9.17, 15) is 18.0 Å². The van der Waals surface area contributed by atoms with E-state index in [-0.39, 0.29) is 29.1 Å². The van der Waals surface area contributed by atoms with Crippen LogP contribution in [0.1, 0.15) is 38.3 Å². The molecule has 2 unspecified atom stereocenters. The molecule has 1 N–H and O–H groups in total. The quantitative estimate of drug-likeness (QED) is 0.284. The summed E-state index contributed by atoms with van der Waals surface area (Å²) in [6.07, 6.45) is 0.714. The zero-order chi connectivity index (χ0) is 31.0. The fraction of sp³-hybridized carbons (Fsp3) is 0.355. The van der Waals surface area contributed by atoms with Crippen LogP contribution in [-0.4, -0.2) is 58.0 Å². The van der Waals surface area contributed by atoms with Gasteiger partial charge in [0.1, 0.15) is 12.6 Å². The second kappa shape index (κ2) is 14.4. The Hall–Kier alpha value is -3.76. The number of carbonyl (C=O) groups is 2. The summed E-state index contributed by atoms with van der Waals surface area (Å²) in [7, 11) is -1.30. The van der Waals surface area contributed by atoms with Crippen molar-refractivity contribution in [2.45, 2.75) is 57.6 Å². The topological polar surface area (TPSA) is 105 Å². The standard InChI is InChI=1S/C31H38ClN3O6S/c1-7-22(3)33-31(37)23(4)34(19-24-10-12-25(32)13-11-24)30(36)20-35(26-14-17-28(40-5)29(18-26)41-6)42(38,39)27-15-8-21(2)9-16-27/h8-18,22-23H,7,19-20H2,1-6H3,(H,33,37). The number of hydrogen-bond acceptors (Lipinski definition) is 6. The van der Waals surface area contributed by atoms with Crippen LogP contribution in [0.3, 0.4) is 0 Å². The summed E-state index contributed by atoms with van der Waals surface area (Å²) >= 11 is 6.06. The molecule has 2 amide bonds. The summed E-state index contributed by atoms with van der Waals surface area (Å²) in [6.45, 7) is 6.80. The second-order valence-corrected chi connectivity index (χ2v) is 12.3. The summed E-state index contributed by atoms with van der Waals surface area (Å²) in [5.74, 6) is -0.209. The van der Waals surface area contributed by atoms with Crippen molar-refractivity contribution < 1.29 is 27.5 Å². The minimum Gasteiger partial charge on any atom is -0.493 e. The van der Waals surface area contributed by atoms with Crippen molar-refractivity contribution in [1.82, 2.24) is 10.2 Å². The van der Waals surface area contributed by atoms with Crippen LogP contribution < -0.4 is 19.1 Å². The molecule has 3 aromatic carbocycles. The molecule has 0 saturated heterocycles. The molecule has 2 atom stereocenters. The predicted molar refractivity (Wildman–Crippen MR) is 165 cm³/mol. The molecular weight excluding hydrogens is 578 g/mol. The first kappa shape index (κ1) is 32.8. The van der Waals surface area contributed by atoms with Crippen molar-refractivity contribution in [1.29, 1.82) is 0 Å². The van der Waals surface area contributed by atoms with E-state index < -0.39 is 28.5 Å². The fourth-order valence-electron chi connectivity index (χ4n) is 4.18. The Morgan fingerprint density at radius 1 is 0.929 bits per heavy atom. The molecule has 3 aromatic rings. The number of nitrogens with zero attached hydrogens (tertiary/aromatic N) is 2. The number of methoxy groups -OCH3 is 2. The monoisotopic (exact) mass is 615 g/mol. The predicted octanol–water partition coefficient (Wildman–Crippen LogP) is 5.19. The second-order valence-electron chi connectivity index (χ2n) is 10.0. The average Bonchev–Trinajstić information content (AvgIpc) is 2.98. The number of hydrogen-bond donors (Lipinski definition) is 1. The van der Waals surface area contributed by atoms with Gasteiger partial charge in [0.05, 0.1) is 24.8 Å². The van der Waals surface area contributed by atoms with E-state index in [2.05, 4.69) is 5.32 Å². The number of aryl methyl sites for hydroxylation is 1. The lowest BCUT2D eigenvalue weighted by Crippen LogP contribution is -2.52. The zero-order valence-corrected chi connectivity index (χ0v) is 26.3. The number of sulfonamides is 1. The van der Waals surface area contributed by atoms with Crippen molar-refractivity contribution in [3.8, 4) is 11.5 Å². The van der Waals surface area contributed by atoms with Crippen LogP contribution in [0.2, 0.25) is 5.02 Å². The normalized spacial score (nSPS) is 12.6. The van der Waals surface area contributed by atoms with E-state index in [0.29, 0.717) is 22.9 Å². The summed E-state index contributed by atoms with van der Waals surface area (Å²) in [6, 6.07) is 16.9. The maximum absolute atomic E-state index is 14.1. The van der Waals surface area contributed by atoms with Crippen LogP contribution in [-0.2, 0) is 26.2 Å². The molecule has 0 radical (unpaired) electrons. The molecule has 0 fully saturated rings. The van der Waals surface area contributed by atoms with E-state index in [1.54, 1.807) is 55.5 Å². The van der Waals surface area contributed by atoms with Gasteiger partial charge in [-0.3, -0.25) is 13.9 Å². The third-order valence-corrected chi connectivity index (χ3v) is 9.02. The molecule has 0 aliphatic carbocycles. The molecule has 11 heteroatoms. The molecule has 0 spiro atoms. The molecule has 0 aromatic heterocycles. The fourth-order valence-corrected chi connectivity index (χ4v) is 5.71.